The van der Waals surface area contributed by atoms with E-state index in [1.807, 2.05) is 12.1 Å². The van der Waals surface area contributed by atoms with E-state index in [2.05, 4.69) is 11.4 Å². The van der Waals surface area contributed by atoms with Crippen LogP contribution in [0.1, 0.15) is 56.2 Å². The molecule has 0 saturated heterocycles. The lowest BCUT2D eigenvalue weighted by Gasteiger charge is -2.26. The van der Waals surface area contributed by atoms with Gasteiger partial charge in [-0.15, -0.1) is 0 Å². The largest absolute Gasteiger partial charge is 0.393 e. The van der Waals surface area contributed by atoms with Gasteiger partial charge in [-0.1, -0.05) is 11.6 Å². The Balaban J connectivity index is 1.55. The van der Waals surface area contributed by atoms with E-state index in [1.54, 1.807) is 0 Å². The summed E-state index contributed by atoms with van der Waals surface area (Å²) in [4.78, 5) is 4.89. The third kappa shape index (κ3) is 3.78. The normalized spacial score (nSPS) is 23.4. The first-order valence-corrected chi connectivity index (χ1v) is 10.1. The van der Waals surface area contributed by atoms with Crippen LogP contribution >= 0.6 is 11.6 Å². The molecule has 0 atom stereocenters. The first-order valence-electron chi connectivity index (χ1n) is 9.73. The number of benzene rings is 1. The third-order valence-electron chi connectivity index (χ3n) is 5.90. The highest BCUT2D eigenvalue weighted by Crippen LogP contribution is 2.35. The molecule has 1 fully saturated rings. The van der Waals surface area contributed by atoms with Crippen LogP contribution in [-0.4, -0.2) is 22.7 Å². The second kappa shape index (κ2) is 7.51. The monoisotopic (exact) mass is 358 g/mol. The minimum atomic E-state index is -0.0647. The summed E-state index contributed by atoms with van der Waals surface area (Å²) in [5, 5.41) is 15.4. The Kier molecular flexibility index (Phi) is 5.14. The summed E-state index contributed by atoms with van der Waals surface area (Å²) >= 11 is 6.19. The zero-order valence-corrected chi connectivity index (χ0v) is 15.5. The summed E-state index contributed by atoms with van der Waals surface area (Å²) in [5.41, 5.74) is 4.97. The zero-order chi connectivity index (χ0) is 17.2. The van der Waals surface area contributed by atoms with Gasteiger partial charge >= 0.3 is 0 Å². The van der Waals surface area contributed by atoms with Crippen LogP contribution in [0.3, 0.4) is 0 Å². The zero-order valence-electron chi connectivity index (χ0n) is 14.7. The van der Waals surface area contributed by atoms with Crippen molar-refractivity contribution in [3.63, 3.8) is 0 Å². The summed E-state index contributed by atoms with van der Waals surface area (Å²) in [7, 11) is 0. The van der Waals surface area contributed by atoms with Crippen LogP contribution in [0.15, 0.2) is 18.2 Å². The molecule has 0 bridgehead atoms. The first-order chi connectivity index (χ1) is 12.2. The molecule has 25 heavy (non-hydrogen) atoms. The van der Waals surface area contributed by atoms with Crippen molar-refractivity contribution in [2.75, 3.05) is 11.9 Å². The summed E-state index contributed by atoms with van der Waals surface area (Å²) in [6.07, 6.45) is 10.1. The molecule has 2 aromatic rings. The van der Waals surface area contributed by atoms with Crippen molar-refractivity contribution in [3.8, 4) is 0 Å². The molecule has 1 heterocycles. The van der Waals surface area contributed by atoms with Crippen LogP contribution in [0.5, 0.6) is 0 Å². The van der Waals surface area contributed by atoms with E-state index in [0.29, 0.717) is 0 Å². The predicted octanol–water partition coefficient (Wildman–Crippen LogP) is 5.12. The van der Waals surface area contributed by atoms with Crippen LogP contribution < -0.4 is 5.32 Å². The van der Waals surface area contributed by atoms with E-state index in [4.69, 9.17) is 16.6 Å². The number of anilines is 1. The molecule has 2 aliphatic carbocycles. The van der Waals surface area contributed by atoms with Gasteiger partial charge in [-0.25, -0.2) is 0 Å². The Labute approximate surface area is 154 Å². The van der Waals surface area contributed by atoms with Gasteiger partial charge in [0, 0.05) is 28.3 Å². The molecular formula is C21H27ClN2O. The fraction of sp³-hybridized carbons (Fsp3) is 0.571. The topological polar surface area (TPSA) is 45.1 Å². The van der Waals surface area contributed by atoms with E-state index in [1.165, 1.54) is 41.6 Å². The Bertz CT molecular complexity index is 753. The van der Waals surface area contributed by atoms with Gasteiger partial charge in [0.2, 0.25) is 0 Å². The summed E-state index contributed by atoms with van der Waals surface area (Å²) in [6.45, 7) is 0.995. The number of aliphatic hydroxyl groups is 1. The van der Waals surface area contributed by atoms with E-state index in [-0.39, 0.29) is 6.10 Å². The smallest absolute Gasteiger partial charge is 0.0741 e. The van der Waals surface area contributed by atoms with Gasteiger partial charge in [0.25, 0.3) is 0 Å². The van der Waals surface area contributed by atoms with Crippen molar-refractivity contribution in [2.45, 2.75) is 63.9 Å². The van der Waals surface area contributed by atoms with Crippen LogP contribution in [0, 0.1) is 5.92 Å². The fourth-order valence-electron chi connectivity index (χ4n) is 4.44. The molecule has 2 aliphatic rings. The number of rotatable bonds is 4. The molecule has 4 heteroatoms. The molecule has 1 aromatic carbocycles. The number of fused-ring (bicyclic) bond motifs is 2. The summed E-state index contributed by atoms with van der Waals surface area (Å²) in [6, 6.07) is 6.06. The molecule has 134 valence electrons. The number of aryl methyl sites for hydroxylation is 1. The van der Waals surface area contributed by atoms with Crippen LogP contribution in [0.2, 0.25) is 5.02 Å². The van der Waals surface area contributed by atoms with Gasteiger partial charge in [0.05, 0.1) is 11.6 Å². The average Bonchev–Trinajstić information content (AvgIpc) is 2.62. The lowest BCUT2D eigenvalue weighted by molar-refractivity contribution is 0.107. The number of hydrogen-bond donors (Lipinski definition) is 2. The molecule has 1 aromatic heterocycles. The second-order valence-corrected chi connectivity index (χ2v) is 8.11. The maximum atomic E-state index is 9.67. The number of nitrogens with one attached hydrogen (secondary N) is 1. The summed E-state index contributed by atoms with van der Waals surface area (Å²) in [5.74, 6) is 0.745. The van der Waals surface area contributed by atoms with Crippen LogP contribution in [0.4, 0.5) is 5.69 Å². The number of aliphatic hydroxyl groups excluding tert-OH is 1. The van der Waals surface area contributed by atoms with Gasteiger partial charge in [-0.2, -0.15) is 0 Å². The molecule has 0 spiro atoms. The van der Waals surface area contributed by atoms with E-state index < -0.39 is 0 Å². The standard InChI is InChI=1S/C21H27ClN2O/c22-15-7-10-18-20(13-15)24-19-4-2-1-3-17(19)21(18)23-12-11-14-5-8-16(25)9-6-14/h7,10,13-14,16,25H,1-6,8-9,11-12H2,(H,23,24). The molecule has 3 nitrogen and oxygen atoms in total. The minimum absolute atomic E-state index is 0.0647. The number of hydrogen-bond acceptors (Lipinski definition) is 3. The lowest BCUT2D eigenvalue weighted by atomic mass is 9.85. The van der Waals surface area contributed by atoms with Crippen molar-refractivity contribution >= 4 is 28.2 Å². The van der Waals surface area contributed by atoms with Gasteiger partial charge in [0.1, 0.15) is 0 Å². The predicted molar refractivity (Wildman–Crippen MR) is 104 cm³/mol. The molecule has 0 aliphatic heterocycles. The third-order valence-corrected chi connectivity index (χ3v) is 6.13. The quantitative estimate of drug-likeness (QED) is 0.797. The Hall–Kier alpha value is -1.32. The van der Waals surface area contributed by atoms with Gasteiger partial charge in [0.15, 0.2) is 0 Å². The number of halogens is 1. The number of pyridine rings is 1. The second-order valence-electron chi connectivity index (χ2n) is 7.67. The maximum Gasteiger partial charge on any atom is 0.0741 e. The molecule has 2 N–H and O–H groups in total. The first kappa shape index (κ1) is 17.1. The lowest BCUT2D eigenvalue weighted by Crippen LogP contribution is -2.20. The SMILES string of the molecule is OC1CCC(CCNc2c3c(nc4cc(Cl)ccc24)CCCC3)CC1. The van der Waals surface area contributed by atoms with Gasteiger partial charge in [-0.3, -0.25) is 4.98 Å². The Morgan fingerprint density at radius 2 is 1.92 bits per heavy atom. The molecule has 4 rings (SSSR count). The number of aromatic nitrogens is 1. The average molecular weight is 359 g/mol. The van der Waals surface area contributed by atoms with Gasteiger partial charge < -0.3 is 10.4 Å². The molecular weight excluding hydrogens is 332 g/mol. The van der Waals surface area contributed by atoms with Gasteiger partial charge in [-0.05, 0) is 87.5 Å². The van der Waals surface area contributed by atoms with Crippen molar-refractivity contribution < 1.29 is 5.11 Å². The molecule has 0 unspecified atom stereocenters. The van der Waals surface area contributed by atoms with Crippen molar-refractivity contribution in [2.24, 2.45) is 5.92 Å². The fourth-order valence-corrected chi connectivity index (χ4v) is 4.60. The highest BCUT2D eigenvalue weighted by Gasteiger charge is 2.21. The molecule has 1 saturated carbocycles. The van der Waals surface area contributed by atoms with E-state index in [0.717, 1.165) is 61.5 Å². The van der Waals surface area contributed by atoms with Crippen molar-refractivity contribution in [1.82, 2.24) is 4.98 Å². The number of nitrogens with zero attached hydrogens (tertiary/aromatic N) is 1. The minimum Gasteiger partial charge on any atom is -0.393 e. The van der Waals surface area contributed by atoms with E-state index >= 15 is 0 Å². The van der Waals surface area contributed by atoms with Crippen molar-refractivity contribution in [3.05, 3.63) is 34.5 Å². The van der Waals surface area contributed by atoms with E-state index in [9.17, 15) is 5.11 Å². The molecule has 0 amide bonds. The van der Waals surface area contributed by atoms with Crippen LogP contribution in [0.25, 0.3) is 10.9 Å². The van der Waals surface area contributed by atoms with Crippen LogP contribution in [-0.2, 0) is 12.8 Å². The maximum absolute atomic E-state index is 9.67. The van der Waals surface area contributed by atoms with Crippen molar-refractivity contribution in [1.29, 1.82) is 0 Å². The Morgan fingerprint density at radius 3 is 2.76 bits per heavy atom. The highest BCUT2D eigenvalue weighted by atomic mass is 35.5. The molecule has 0 radical (unpaired) electrons. The Morgan fingerprint density at radius 1 is 1.12 bits per heavy atom. The summed E-state index contributed by atoms with van der Waals surface area (Å²) < 4.78 is 0. The highest BCUT2D eigenvalue weighted by molar-refractivity contribution is 6.31.